The van der Waals surface area contributed by atoms with E-state index in [1.165, 1.54) is 18.9 Å². The average Bonchev–Trinajstić information content (AvgIpc) is 3.42. The molecule has 1 fully saturated rings. The fraction of sp³-hybridized carbons (Fsp3) is 0.524. The molecule has 0 amide bonds. The number of thiazole rings is 1. The maximum Gasteiger partial charge on any atom is 0.191 e. The predicted octanol–water partition coefficient (Wildman–Crippen LogP) is 4.10. The van der Waals surface area contributed by atoms with Crippen LogP contribution in [0.2, 0.25) is 0 Å². The number of hydrogen-bond acceptors (Lipinski definition) is 4. The molecule has 1 aliphatic carbocycles. The Hall–Kier alpha value is -2.15. The van der Waals surface area contributed by atoms with Gasteiger partial charge in [-0.2, -0.15) is 0 Å². The Bertz CT molecular complexity index is 803. The largest absolute Gasteiger partial charge is 0.490 e. The molecule has 0 bridgehead atoms. The lowest BCUT2D eigenvalue weighted by Gasteiger charge is -2.19. The second kappa shape index (κ2) is 9.87. The van der Waals surface area contributed by atoms with Crippen molar-refractivity contribution in [2.45, 2.75) is 45.6 Å². The number of rotatable bonds is 9. The van der Waals surface area contributed by atoms with Crippen LogP contribution in [-0.2, 0) is 12.8 Å². The Morgan fingerprint density at radius 1 is 1.43 bits per heavy atom. The van der Waals surface area contributed by atoms with E-state index in [1.807, 2.05) is 13.0 Å². The van der Waals surface area contributed by atoms with Crippen LogP contribution in [-0.4, -0.2) is 31.1 Å². The number of benzene rings is 1. The summed E-state index contributed by atoms with van der Waals surface area (Å²) in [5.74, 6) is 1.31. The summed E-state index contributed by atoms with van der Waals surface area (Å²) in [4.78, 5) is 8.83. The van der Waals surface area contributed by atoms with Crippen molar-refractivity contribution in [1.29, 1.82) is 0 Å². The van der Waals surface area contributed by atoms with Gasteiger partial charge < -0.3 is 15.4 Å². The summed E-state index contributed by atoms with van der Waals surface area (Å²) in [6, 6.07) is 5.07. The summed E-state index contributed by atoms with van der Waals surface area (Å²) in [6.07, 6.45) is 4.19. The predicted molar refractivity (Wildman–Crippen MR) is 113 cm³/mol. The Balaban J connectivity index is 1.48. The van der Waals surface area contributed by atoms with Crippen molar-refractivity contribution in [3.05, 3.63) is 45.7 Å². The standard InChI is InChI=1S/C21H29FN4OS/c1-4-20-26-17(13-28-20)9-10-24-21(23-3)25-14(2)16-7-8-19(18(22)11-16)27-12-15-5-6-15/h7-8,11,13-15H,4-6,9-10,12H2,1-3H3,(H2,23,24,25). The molecule has 3 rings (SSSR count). The molecule has 1 saturated carbocycles. The number of nitrogens with one attached hydrogen (secondary N) is 2. The van der Waals surface area contributed by atoms with Gasteiger partial charge in [-0.3, -0.25) is 4.99 Å². The number of aryl methyl sites for hydroxylation is 1. The van der Waals surface area contributed by atoms with Gasteiger partial charge in [-0.1, -0.05) is 13.0 Å². The molecule has 2 aromatic rings. The van der Waals surface area contributed by atoms with Crippen molar-refractivity contribution in [2.75, 3.05) is 20.2 Å². The van der Waals surface area contributed by atoms with E-state index in [9.17, 15) is 4.39 Å². The van der Waals surface area contributed by atoms with Gasteiger partial charge in [-0.15, -0.1) is 11.3 Å². The first-order chi connectivity index (χ1) is 13.6. The van der Waals surface area contributed by atoms with Gasteiger partial charge in [0.25, 0.3) is 0 Å². The van der Waals surface area contributed by atoms with Gasteiger partial charge in [-0.25, -0.2) is 9.37 Å². The third-order valence-electron chi connectivity index (χ3n) is 4.78. The molecule has 152 valence electrons. The Kier molecular flexibility index (Phi) is 7.25. The summed E-state index contributed by atoms with van der Waals surface area (Å²) < 4.78 is 19.9. The highest BCUT2D eigenvalue weighted by atomic mass is 32.1. The molecular weight excluding hydrogens is 375 g/mol. The van der Waals surface area contributed by atoms with Crippen LogP contribution < -0.4 is 15.4 Å². The molecule has 1 heterocycles. The monoisotopic (exact) mass is 404 g/mol. The van der Waals surface area contributed by atoms with E-state index < -0.39 is 0 Å². The molecule has 0 spiro atoms. The molecule has 1 aliphatic rings. The topological polar surface area (TPSA) is 58.5 Å². The van der Waals surface area contributed by atoms with Crippen molar-refractivity contribution in [3.63, 3.8) is 0 Å². The van der Waals surface area contributed by atoms with Gasteiger partial charge in [0.2, 0.25) is 0 Å². The zero-order chi connectivity index (χ0) is 19.9. The lowest BCUT2D eigenvalue weighted by atomic mass is 10.1. The third kappa shape index (κ3) is 5.92. The minimum atomic E-state index is -0.315. The number of halogens is 1. The molecule has 0 saturated heterocycles. The first-order valence-corrected chi connectivity index (χ1v) is 10.8. The van der Waals surface area contributed by atoms with Crippen LogP contribution in [0, 0.1) is 11.7 Å². The minimum absolute atomic E-state index is 0.0795. The fourth-order valence-electron chi connectivity index (χ4n) is 2.81. The van der Waals surface area contributed by atoms with Crippen LogP contribution in [0.3, 0.4) is 0 Å². The van der Waals surface area contributed by atoms with Crippen molar-refractivity contribution in [1.82, 2.24) is 15.6 Å². The van der Waals surface area contributed by atoms with Crippen LogP contribution in [0.25, 0.3) is 0 Å². The number of guanidine groups is 1. The van der Waals surface area contributed by atoms with Gasteiger partial charge in [0.05, 0.1) is 23.4 Å². The van der Waals surface area contributed by atoms with E-state index in [1.54, 1.807) is 24.5 Å². The molecule has 1 unspecified atom stereocenters. The summed E-state index contributed by atoms with van der Waals surface area (Å²) in [7, 11) is 1.73. The molecule has 28 heavy (non-hydrogen) atoms. The number of ether oxygens (including phenoxy) is 1. The summed E-state index contributed by atoms with van der Waals surface area (Å²) in [5, 5.41) is 9.87. The second-order valence-electron chi connectivity index (χ2n) is 7.15. The van der Waals surface area contributed by atoms with E-state index in [-0.39, 0.29) is 11.9 Å². The van der Waals surface area contributed by atoms with Crippen molar-refractivity contribution < 1.29 is 9.13 Å². The number of aliphatic imine (C=N–C) groups is 1. The van der Waals surface area contributed by atoms with Gasteiger partial charge in [0, 0.05) is 25.4 Å². The highest BCUT2D eigenvalue weighted by molar-refractivity contribution is 7.09. The Labute approximate surface area is 170 Å². The molecule has 1 atom stereocenters. The Morgan fingerprint density at radius 3 is 2.89 bits per heavy atom. The SMILES string of the molecule is CCc1nc(CCNC(=NC)NC(C)c2ccc(OCC3CC3)c(F)c2)cs1. The van der Waals surface area contributed by atoms with E-state index >= 15 is 0 Å². The van der Waals surface area contributed by atoms with Gasteiger partial charge in [0.1, 0.15) is 0 Å². The minimum Gasteiger partial charge on any atom is -0.490 e. The van der Waals surface area contributed by atoms with Crippen LogP contribution in [0.15, 0.2) is 28.6 Å². The van der Waals surface area contributed by atoms with Gasteiger partial charge in [-0.05, 0) is 49.8 Å². The van der Waals surface area contributed by atoms with Crippen LogP contribution in [0.5, 0.6) is 5.75 Å². The lowest BCUT2D eigenvalue weighted by molar-refractivity contribution is 0.285. The van der Waals surface area contributed by atoms with Gasteiger partial charge >= 0.3 is 0 Å². The zero-order valence-corrected chi connectivity index (χ0v) is 17.6. The van der Waals surface area contributed by atoms with E-state index in [4.69, 9.17) is 4.74 Å². The molecular formula is C21H29FN4OS. The maximum atomic E-state index is 14.3. The number of aromatic nitrogens is 1. The molecule has 5 nitrogen and oxygen atoms in total. The van der Waals surface area contributed by atoms with E-state index in [0.717, 1.165) is 35.7 Å². The molecule has 1 aromatic carbocycles. The van der Waals surface area contributed by atoms with Crippen molar-refractivity contribution in [2.24, 2.45) is 10.9 Å². The average molecular weight is 405 g/mol. The van der Waals surface area contributed by atoms with Crippen molar-refractivity contribution >= 4 is 17.3 Å². The quantitative estimate of drug-likeness (QED) is 0.488. The molecule has 2 N–H and O–H groups in total. The number of nitrogens with zero attached hydrogens (tertiary/aromatic N) is 2. The lowest BCUT2D eigenvalue weighted by Crippen LogP contribution is -2.39. The normalized spacial score (nSPS) is 15.4. The summed E-state index contributed by atoms with van der Waals surface area (Å²) >= 11 is 1.70. The smallest absolute Gasteiger partial charge is 0.191 e. The zero-order valence-electron chi connectivity index (χ0n) is 16.8. The Morgan fingerprint density at radius 2 is 2.25 bits per heavy atom. The van der Waals surface area contributed by atoms with Crippen LogP contribution in [0.1, 0.15) is 49.0 Å². The first-order valence-electron chi connectivity index (χ1n) is 9.91. The van der Waals surface area contributed by atoms with Crippen LogP contribution >= 0.6 is 11.3 Å². The van der Waals surface area contributed by atoms with Gasteiger partial charge in [0.15, 0.2) is 17.5 Å². The van der Waals surface area contributed by atoms with Crippen molar-refractivity contribution in [3.8, 4) is 5.75 Å². The third-order valence-corrected chi connectivity index (χ3v) is 5.82. The highest BCUT2D eigenvalue weighted by Gasteiger charge is 2.22. The molecule has 7 heteroatoms. The van der Waals surface area contributed by atoms with Crippen LogP contribution in [0.4, 0.5) is 4.39 Å². The molecule has 1 aromatic heterocycles. The fourth-order valence-corrected chi connectivity index (χ4v) is 3.59. The molecule has 0 aliphatic heterocycles. The van der Waals surface area contributed by atoms with E-state index in [0.29, 0.717) is 24.2 Å². The maximum absolute atomic E-state index is 14.3. The molecule has 0 radical (unpaired) electrons. The highest BCUT2D eigenvalue weighted by Crippen LogP contribution is 2.30. The second-order valence-corrected chi connectivity index (χ2v) is 8.09. The summed E-state index contributed by atoms with van der Waals surface area (Å²) in [5.41, 5.74) is 1.95. The first kappa shape index (κ1) is 20.6. The van der Waals surface area contributed by atoms with E-state index in [2.05, 4.69) is 32.9 Å². The summed E-state index contributed by atoms with van der Waals surface area (Å²) in [6.45, 7) is 5.45. The number of hydrogen-bond donors (Lipinski definition) is 2.